The van der Waals surface area contributed by atoms with E-state index in [1.807, 2.05) is 41.5 Å². The number of hydrogen-bond acceptors (Lipinski definition) is 2. The van der Waals surface area contributed by atoms with Crippen LogP contribution < -0.4 is 0 Å². The molecule has 0 saturated heterocycles. The largest absolute Gasteiger partial charge is 0.298 e. The van der Waals surface area contributed by atoms with Crippen molar-refractivity contribution in [3.05, 3.63) is 0 Å². The maximum Gasteiger partial charge on any atom is 0.149 e. The monoisotopic (exact) mass is 222 g/mol. The molecule has 2 nitrogen and oxygen atoms in total. The summed E-state index contributed by atoms with van der Waals surface area (Å²) >= 11 is 0. The number of carbonyl (C=O) groups is 2. The molecule has 0 aromatic heterocycles. The first-order valence-corrected chi connectivity index (χ1v) is 5.54. The topological polar surface area (TPSA) is 34.1 Å². The van der Waals surface area contributed by atoms with Gasteiger partial charge in [0.1, 0.15) is 11.6 Å². The molecule has 0 fully saturated rings. The fourth-order valence-corrected chi connectivity index (χ4v) is 1.47. The first-order chi connectivity index (χ1) is 7.01. The van der Waals surface area contributed by atoms with E-state index in [0.717, 1.165) is 0 Å². The van der Waals surface area contributed by atoms with Crippen LogP contribution in [0.3, 0.4) is 0 Å². The normalized spacial score (nSPS) is 12.4. The fourth-order valence-electron chi connectivity index (χ4n) is 1.47. The number of rotatable bonds is 3. The van der Waals surface area contributed by atoms with Gasteiger partial charge in [0.25, 0.3) is 0 Å². The van der Waals surface area contributed by atoms with Gasteiger partial charge in [0, 0.05) is 17.3 Å². The zero-order valence-electron chi connectivity index (χ0n) is 11.2. The second-order valence-corrected chi connectivity index (χ2v) is 6.19. The van der Waals surface area contributed by atoms with Gasteiger partial charge >= 0.3 is 0 Å². The van der Waals surface area contributed by atoms with Gasteiger partial charge in [-0.2, -0.15) is 0 Å². The lowest BCUT2D eigenvalue weighted by molar-refractivity contribution is -0.141. The molecule has 0 aliphatic carbocycles. The molecule has 0 aliphatic heterocycles. The third kappa shape index (κ3) is 3.81. The first kappa shape index (κ1) is 14.9. The number of ketones is 2. The van der Waals surface area contributed by atoms with Crippen LogP contribution in [0, 0.1) is 29.1 Å². The highest BCUT2D eigenvalue weighted by Crippen LogP contribution is 2.28. The van der Waals surface area contributed by atoms with Crippen molar-refractivity contribution in [3.63, 3.8) is 0 Å². The molecule has 0 aromatic rings. The van der Waals surface area contributed by atoms with Crippen molar-refractivity contribution < 1.29 is 9.59 Å². The maximum absolute atomic E-state index is 12.1. The van der Waals surface area contributed by atoms with E-state index in [-0.39, 0.29) is 18.0 Å². The van der Waals surface area contributed by atoms with Crippen LogP contribution in [0.4, 0.5) is 0 Å². The summed E-state index contributed by atoms with van der Waals surface area (Å²) in [7, 11) is 0. The van der Waals surface area contributed by atoms with Crippen molar-refractivity contribution in [3.8, 4) is 12.3 Å². The molecule has 0 aromatic carbocycles. The van der Waals surface area contributed by atoms with Gasteiger partial charge in [0.05, 0.1) is 5.92 Å². The third-order valence-electron chi connectivity index (χ3n) is 2.43. The molecule has 0 N–H and O–H groups in total. The van der Waals surface area contributed by atoms with Crippen LogP contribution in [0.15, 0.2) is 0 Å². The van der Waals surface area contributed by atoms with Gasteiger partial charge in [-0.05, 0) is 0 Å². The van der Waals surface area contributed by atoms with Crippen LogP contribution >= 0.6 is 0 Å². The fraction of sp³-hybridized carbons (Fsp3) is 0.714. The van der Waals surface area contributed by atoms with Crippen molar-refractivity contribution in [2.45, 2.75) is 48.0 Å². The lowest BCUT2D eigenvalue weighted by Crippen LogP contribution is -2.38. The van der Waals surface area contributed by atoms with E-state index in [9.17, 15) is 9.59 Å². The Balaban J connectivity index is 5.13. The highest BCUT2D eigenvalue weighted by Gasteiger charge is 2.38. The van der Waals surface area contributed by atoms with E-state index in [4.69, 9.17) is 6.42 Å². The summed E-state index contributed by atoms with van der Waals surface area (Å²) in [4.78, 5) is 24.3. The Labute approximate surface area is 98.8 Å². The van der Waals surface area contributed by atoms with Gasteiger partial charge < -0.3 is 0 Å². The highest BCUT2D eigenvalue weighted by molar-refractivity contribution is 6.06. The summed E-state index contributed by atoms with van der Waals surface area (Å²) in [5.74, 6) is 1.64. The molecule has 0 saturated carbocycles. The van der Waals surface area contributed by atoms with Gasteiger partial charge in [-0.1, -0.05) is 41.5 Å². The molecule has 0 aliphatic rings. The molecule has 0 bridgehead atoms. The van der Waals surface area contributed by atoms with Crippen LogP contribution in [0.25, 0.3) is 0 Å². The zero-order chi connectivity index (χ0) is 13.1. The SMILES string of the molecule is C#CCC(C(=O)C(C)(C)C)C(=O)C(C)(C)C. The highest BCUT2D eigenvalue weighted by atomic mass is 16.2. The number of terminal acetylenes is 1. The number of Topliss-reactive ketones (excluding diaryl/α,β-unsaturated/α-hetero) is 2. The summed E-state index contributed by atoms with van der Waals surface area (Å²) in [6.45, 7) is 10.9. The Kier molecular flexibility index (Phi) is 4.49. The van der Waals surface area contributed by atoms with Gasteiger partial charge in [-0.25, -0.2) is 0 Å². The molecular formula is C14H22O2. The molecular weight excluding hydrogens is 200 g/mol. The Morgan fingerprint density at radius 1 is 1.00 bits per heavy atom. The minimum absolute atomic E-state index is 0.0645. The van der Waals surface area contributed by atoms with Gasteiger partial charge in [-0.15, -0.1) is 12.3 Å². The van der Waals surface area contributed by atoms with E-state index in [1.54, 1.807) is 0 Å². The Bertz CT molecular complexity index is 292. The summed E-state index contributed by atoms with van der Waals surface area (Å²) in [5.41, 5.74) is -1.05. The Morgan fingerprint density at radius 2 is 1.31 bits per heavy atom. The summed E-state index contributed by atoms with van der Waals surface area (Å²) in [5, 5.41) is 0. The molecule has 0 atom stereocenters. The number of carbonyl (C=O) groups excluding carboxylic acids is 2. The Morgan fingerprint density at radius 3 is 1.50 bits per heavy atom. The molecule has 90 valence electrons. The molecule has 2 heteroatoms. The van der Waals surface area contributed by atoms with E-state index in [1.165, 1.54) is 0 Å². The molecule has 0 radical (unpaired) electrons. The average Bonchev–Trinajstić information content (AvgIpc) is 2.09. The van der Waals surface area contributed by atoms with Crippen LogP contribution in [-0.2, 0) is 9.59 Å². The maximum atomic E-state index is 12.1. The van der Waals surface area contributed by atoms with Gasteiger partial charge in [-0.3, -0.25) is 9.59 Å². The predicted molar refractivity (Wildman–Crippen MR) is 65.9 cm³/mol. The molecule has 0 rings (SSSR count). The summed E-state index contributed by atoms with van der Waals surface area (Å²) in [6.07, 6.45) is 5.44. The van der Waals surface area contributed by atoms with E-state index >= 15 is 0 Å². The molecule has 0 spiro atoms. The quantitative estimate of drug-likeness (QED) is 0.543. The first-order valence-electron chi connectivity index (χ1n) is 5.54. The van der Waals surface area contributed by atoms with Gasteiger partial charge in [0.2, 0.25) is 0 Å². The lowest BCUT2D eigenvalue weighted by Gasteiger charge is -2.27. The Hall–Kier alpha value is -1.10. The molecule has 16 heavy (non-hydrogen) atoms. The average molecular weight is 222 g/mol. The van der Waals surface area contributed by atoms with Crippen molar-refractivity contribution in [2.24, 2.45) is 16.7 Å². The summed E-state index contributed by atoms with van der Waals surface area (Å²) in [6, 6.07) is 0. The minimum Gasteiger partial charge on any atom is -0.298 e. The second kappa shape index (κ2) is 4.82. The van der Waals surface area contributed by atoms with Crippen LogP contribution in [0.5, 0.6) is 0 Å². The standard InChI is InChI=1S/C14H22O2/c1-8-9-10(11(15)13(2,3)4)12(16)14(5,6)7/h1,10H,9H2,2-7H3. The van der Waals surface area contributed by atoms with Gasteiger partial charge in [0.15, 0.2) is 0 Å². The molecule has 0 unspecified atom stereocenters. The molecule has 0 amide bonds. The smallest absolute Gasteiger partial charge is 0.149 e. The predicted octanol–water partition coefficient (Wildman–Crippen LogP) is 2.86. The third-order valence-corrected chi connectivity index (χ3v) is 2.43. The van der Waals surface area contributed by atoms with Crippen molar-refractivity contribution >= 4 is 11.6 Å². The van der Waals surface area contributed by atoms with Crippen LogP contribution in [0.2, 0.25) is 0 Å². The zero-order valence-corrected chi connectivity index (χ0v) is 11.2. The van der Waals surface area contributed by atoms with E-state index < -0.39 is 16.7 Å². The molecule has 0 heterocycles. The van der Waals surface area contributed by atoms with Crippen LogP contribution in [0.1, 0.15) is 48.0 Å². The van der Waals surface area contributed by atoms with Crippen LogP contribution in [-0.4, -0.2) is 11.6 Å². The second-order valence-electron chi connectivity index (χ2n) is 6.19. The van der Waals surface area contributed by atoms with E-state index in [2.05, 4.69) is 5.92 Å². The summed E-state index contributed by atoms with van der Waals surface area (Å²) < 4.78 is 0. The van der Waals surface area contributed by atoms with Crippen molar-refractivity contribution in [2.75, 3.05) is 0 Å². The number of hydrogen-bond donors (Lipinski definition) is 0. The minimum atomic E-state index is -0.662. The van der Waals surface area contributed by atoms with E-state index in [0.29, 0.717) is 0 Å². The lowest BCUT2D eigenvalue weighted by atomic mass is 9.73. The van der Waals surface area contributed by atoms with Crippen molar-refractivity contribution in [1.82, 2.24) is 0 Å². The van der Waals surface area contributed by atoms with Crippen molar-refractivity contribution in [1.29, 1.82) is 0 Å².